The molecule has 0 spiro atoms. The first kappa shape index (κ1) is 32.9. The van der Waals surface area contributed by atoms with E-state index < -0.39 is 12.0 Å². The fourth-order valence-corrected chi connectivity index (χ4v) is 6.94. The molecule has 6 rings (SSSR count). The van der Waals surface area contributed by atoms with Gasteiger partial charge in [-0.3, -0.25) is 9.36 Å². The Labute approximate surface area is 285 Å². The molecule has 0 amide bonds. The highest BCUT2D eigenvalue weighted by Crippen LogP contribution is 2.42. The maximum absolute atomic E-state index is 14.5. The number of carbonyl (C=O) groups is 1. The quantitative estimate of drug-likeness (QED) is 0.161. The maximum Gasteiger partial charge on any atom is 0.338 e. The Morgan fingerprint density at radius 1 is 0.958 bits per heavy atom. The van der Waals surface area contributed by atoms with E-state index in [-0.39, 0.29) is 17.7 Å². The summed E-state index contributed by atoms with van der Waals surface area (Å²) in [5, 5.41) is 2.55. The Morgan fingerprint density at radius 2 is 1.67 bits per heavy atom. The average Bonchev–Trinajstić information content (AvgIpc) is 3.40. The third-order valence-corrected chi connectivity index (χ3v) is 9.27. The zero-order valence-electron chi connectivity index (χ0n) is 27.0. The highest BCUT2D eigenvalue weighted by Gasteiger charge is 2.35. The molecule has 0 unspecified atom stereocenters. The summed E-state index contributed by atoms with van der Waals surface area (Å²) < 4.78 is 30.5. The maximum atomic E-state index is 14.5. The molecule has 0 saturated carbocycles. The van der Waals surface area contributed by atoms with Gasteiger partial charge in [0.1, 0.15) is 12.4 Å². The SMILES string of the molecule is CCOC(=O)C1=C(C)N=c2s/c(=C\c3c(OCc4ccc(Cl)cc4)ccc4ccccc34)c(=O)n2[C@@H]1c1cc(OC)c(OC)c(OC)c1. The largest absolute Gasteiger partial charge is 0.493 e. The number of allylic oxidation sites excluding steroid dienone is 1. The molecule has 246 valence electrons. The highest BCUT2D eigenvalue weighted by molar-refractivity contribution is 7.07. The summed E-state index contributed by atoms with van der Waals surface area (Å²) >= 11 is 7.31. The van der Waals surface area contributed by atoms with Crippen LogP contribution < -0.4 is 33.8 Å². The van der Waals surface area contributed by atoms with E-state index in [2.05, 4.69) is 0 Å². The number of carbonyl (C=O) groups excluding carboxylic acids is 1. The summed E-state index contributed by atoms with van der Waals surface area (Å²) in [6.07, 6.45) is 1.83. The standard InChI is InChI=1S/C37H33ClN2O7S/c1-6-46-36(42)32-21(2)39-37-40(33(32)24-17-29(43-3)34(45-5)30(18-24)44-4)35(41)31(48-37)19-27-26-10-8-7-9-23(26)13-16-28(27)47-20-22-11-14-25(38)15-12-22/h7-19,33H,6,20H2,1-5H3/b31-19-/t33-/m1/s1. The molecular weight excluding hydrogens is 652 g/mol. The van der Waals surface area contributed by atoms with Crippen molar-refractivity contribution in [3.8, 4) is 23.0 Å². The second-order valence-corrected chi connectivity index (χ2v) is 12.3. The molecule has 1 atom stereocenters. The highest BCUT2D eigenvalue weighted by atomic mass is 35.5. The number of esters is 1. The number of aromatic nitrogens is 1. The van der Waals surface area contributed by atoms with Crippen molar-refractivity contribution in [2.75, 3.05) is 27.9 Å². The van der Waals surface area contributed by atoms with Crippen LogP contribution in [0.5, 0.6) is 23.0 Å². The van der Waals surface area contributed by atoms with Crippen LogP contribution in [-0.4, -0.2) is 38.5 Å². The summed E-state index contributed by atoms with van der Waals surface area (Å²) in [4.78, 5) is 33.1. The lowest BCUT2D eigenvalue weighted by molar-refractivity contribution is -0.139. The van der Waals surface area contributed by atoms with Crippen molar-refractivity contribution in [1.82, 2.24) is 4.57 Å². The van der Waals surface area contributed by atoms with E-state index in [1.165, 1.54) is 37.2 Å². The zero-order valence-corrected chi connectivity index (χ0v) is 28.6. The third-order valence-electron chi connectivity index (χ3n) is 8.03. The van der Waals surface area contributed by atoms with Gasteiger partial charge >= 0.3 is 5.97 Å². The second kappa shape index (κ2) is 14.0. The number of halogens is 1. The Balaban J connectivity index is 1.56. The predicted octanol–water partition coefficient (Wildman–Crippen LogP) is 6.21. The van der Waals surface area contributed by atoms with Crippen LogP contribution in [0.3, 0.4) is 0 Å². The Kier molecular flexibility index (Phi) is 9.56. The van der Waals surface area contributed by atoms with Crippen LogP contribution >= 0.6 is 22.9 Å². The van der Waals surface area contributed by atoms with E-state index >= 15 is 0 Å². The molecule has 0 N–H and O–H groups in total. The first-order chi connectivity index (χ1) is 23.3. The molecule has 0 saturated heterocycles. The van der Waals surface area contributed by atoms with Gasteiger partial charge < -0.3 is 23.7 Å². The Bertz CT molecular complexity index is 2210. The first-order valence-electron chi connectivity index (χ1n) is 15.2. The van der Waals surface area contributed by atoms with Gasteiger partial charge in [-0.25, -0.2) is 9.79 Å². The van der Waals surface area contributed by atoms with Crippen LogP contribution in [0.2, 0.25) is 5.02 Å². The predicted molar refractivity (Wildman–Crippen MR) is 186 cm³/mol. The molecule has 0 radical (unpaired) electrons. The Hall–Kier alpha value is -5.06. The summed E-state index contributed by atoms with van der Waals surface area (Å²) in [5.74, 6) is 1.18. The number of benzene rings is 4. The van der Waals surface area contributed by atoms with Crippen molar-refractivity contribution >= 4 is 45.8 Å². The summed E-state index contributed by atoms with van der Waals surface area (Å²) in [5.41, 5.74) is 2.61. The van der Waals surface area contributed by atoms with Crippen molar-refractivity contribution < 1.29 is 28.5 Å². The van der Waals surface area contributed by atoms with Crippen LogP contribution in [0.4, 0.5) is 0 Å². The zero-order chi connectivity index (χ0) is 33.9. The number of thiazole rings is 1. The van der Waals surface area contributed by atoms with E-state index in [9.17, 15) is 9.59 Å². The van der Waals surface area contributed by atoms with Gasteiger partial charge in [-0.2, -0.15) is 0 Å². The summed E-state index contributed by atoms with van der Waals surface area (Å²) in [6, 6.07) is 21.8. The minimum absolute atomic E-state index is 0.155. The van der Waals surface area contributed by atoms with Crippen LogP contribution in [0.25, 0.3) is 16.8 Å². The van der Waals surface area contributed by atoms with Crippen molar-refractivity contribution in [1.29, 1.82) is 0 Å². The monoisotopic (exact) mass is 684 g/mol. The average molecular weight is 685 g/mol. The number of nitrogens with zero attached hydrogens (tertiary/aromatic N) is 2. The molecule has 0 bridgehead atoms. The van der Waals surface area contributed by atoms with Gasteiger partial charge in [0.15, 0.2) is 16.3 Å². The minimum atomic E-state index is -0.885. The lowest BCUT2D eigenvalue weighted by Gasteiger charge is -2.26. The molecule has 5 aromatic rings. The number of methoxy groups -OCH3 is 3. The van der Waals surface area contributed by atoms with E-state index in [0.717, 1.165) is 21.9 Å². The minimum Gasteiger partial charge on any atom is -0.493 e. The molecule has 2 heterocycles. The molecule has 11 heteroatoms. The number of rotatable bonds is 10. The van der Waals surface area contributed by atoms with E-state index in [1.807, 2.05) is 66.7 Å². The van der Waals surface area contributed by atoms with E-state index in [4.69, 9.17) is 40.3 Å². The molecule has 0 fully saturated rings. The topological polar surface area (TPSA) is 97.6 Å². The first-order valence-corrected chi connectivity index (χ1v) is 16.4. The summed E-state index contributed by atoms with van der Waals surface area (Å²) in [6.45, 7) is 3.93. The van der Waals surface area contributed by atoms with Crippen LogP contribution in [0.1, 0.15) is 36.6 Å². The van der Waals surface area contributed by atoms with Crippen molar-refractivity contribution in [3.05, 3.63) is 125 Å². The van der Waals surface area contributed by atoms with Gasteiger partial charge in [0, 0.05) is 10.6 Å². The summed E-state index contributed by atoms with van der Waals surface area (Å²) in [7, 11) is 4.53. The lowest BCUT2D eigenvalue weighted by Crippen LogP contribution is -2.40. The molecule has 48 heavy (non-hydrogen) atoms. The van der Waals surface area contributed by atoms with Gasteiger partial charge in [0.05, 0.1) is 49.8 Å². The normalized spacial score (nSPS) is 14.4. The van der Waals surface area contributed by atoms with Crippen LogP contribution in [0, 0.1) is 0 Å². The van der Waals surface area contributed by atoms with Gasteiger partial charge in [0.25, 0.3) is 5.56 Å². The van der Waals surface area contributed by atoms with Crippen LogP contribution in [-0.2, 0) is 16.1 Å². The number of fused-ring (bicyclic) bond motifs is 2. The van der Waals surface area contributed by atoms with Crippen molar-refractivity contribution in [3.63, 3.8) is 0 Å². The van der Waals surface area contributed by atoms with E-state index in [0.29, 0.717) is 55.2 Å². The fraction of sp³-hybridized carbons (Fsp3) is 0.216. The fourth-order valence-electron chi connectivity index (χ4n) is 5.79. The molecule has 1 aliphatic rings. The Morgan fingerprint density at radius 3 is 2.33 bits per heavy atom. The molecule has 0 aliphatic carbocycles. The van der Waals surface area contributed by atoms with Gasteiger partial charge in [-0.15, -0.1) is 0 Å². The van der Waals surface area contributed by atoms with Gasteiger partial charge in [-0.1, -0.05) is 65.4 Å². The molecule has 4 aromatic carbocycles. The smallest absolute Gasteiger partial charge is 0.338 e. The number of ether oxygens (including phenoxy) is 5. The second-order valence-electron chi connectivity index (χ2n) is 10.9. The van der Waals surface area contributed by atoms with Crippen molar-refractivity contribution in [2.24, 2.45) is 4.99 Å². The number of hydrogen-bond donors (Lipinski definition) is 0. The molecule has 9 nitrogen and oxygen atoms in total. The number of hydrogen-bond acceptors (Lipinski definition) is 9. The van der Waals surface area contributed by atoms with Gasteiger partial charge in [0.2, 0.25) is 5.75 Å². The lowest BCUT2D eigenvalue weighted by atomic mass is 9.95. The van der Waals surface area contributed by atoms with E-state index in [1.54, 1.807) is 26.0 Å². The molecule has 1 aromatic heterocycles. The third kappa shape index (κ3) is 6.16. The van der Waals surface area contributed by atoms with Gasteiger partial charge in [-0.05, 0) is 72.2 Å². The molecular formula is C37H33ClN2O7S. The molecule has 1 aliphatic heterocycles. The van der Waals surface area contributed by atoms with Crippen LogP contribution in [0.15, 0.2) is 93.9 Å². The van der Waals surface area contributed by atoms with Crippen molar-refractivity contribution in [2.45, 2.75) is 26.5 Å².